The van der Waals surface area contributed by atoms with Gasteiger partial charge < -0.3 is 10.2 Å². The van der Waals surface area contributed by atoms with Crippen LogP contribution in [0.1, 0.15) is 12.0 Å². The molecule has 1 saturated heterocycles. The molecular formula is C16H16FN3O. The van der Waals surface area contributed by atoms with Gasteiger partial charge in [-0.1, -0.05) is 36.4 Å². The topological polar surface area (TPSA) is 45.2 Å². The van der Waals surface area contributed by atoms with Crippen LogP contribution < -0.4 is 5.32 Å². The Kier molecular flexibility index (Phi) is 3.81. The van der Waals surface area contributed by atoms with Crippen molar-refractivity contribution in [3.8, 4) is 0 Å². The van der Waals surface area contributed by atoms with Crippen molar-refractivity contribution >= 4 is 11.7 Å². The first kappa shape index (κ1) is 13.5. The molecule has 3 rings (SSSR count). The highest BCUT2D eigenvalue weighted by atomic mass is 19.1. The lowest BCUT2D eigenvalue weighted by Gasteiger charge is -2.17. The van der Waals surface area contributed by atoms with E-state index < -0.39 is 5.95 Å². The number of hydrogen-bond acceptors (Lipinski definition) is 3. The molecule has 1 aliphatic heterocycles. The Bertz CT molecular complexity index is 632. The Morgan fingerprint density at radius 2 is 2.00 bits per heavy atom. The smallest absolute Gasteiger partial charge is 0.225 e. The summed E-state index contributed by atoms with van der Waals surface area (Å²) in [6.45, 7) is 1.21. The fourth-order valence-corrected chi connectivity index (χ4v) is 2.52. The van der Waals surface area contributed by atoms with Crippen LogP contribution in [0.4, 0.5) is 10.2 Å². The number of halogens is 1. The number of likely N-dealkylation sites (tertiary alicyclic amines) is 1. The van der Waals surface area contributed by atoms with Gasteiger partial charge in [-0.3, -0.25) is 4.79 Å². The summed E-state index contributed by atoms with van der Waals surface area (Å²) < 4.78 is 13.1. The number of pyridine rings is 1. The second kappa shape index (κ2) is 5.91. The number of aromatic nitrogens is 1. The van der Waals surface area contributed by atoms with E-state index in [1.54, 1.807) is 12.1 Å². The molecule has 0 aliphatic carbocycles. The van der Waals surface area contributed by atoms with Crippen molar-refractivity contribution in [1.29, 1.82) is 0 Å². The Labute approximate surface area is 122 Å². The van der Waals surface area contributed by atoms with Crippen molar-refractivity contribution in [3.63, 3.8) is 0 Å². The van der Waals surface area contributed by atoms with Crippen LogP contribution in [0, 0.1) is 5.95 Å². The predicted octanol–water partition coefficient (Wildman–Crippen LogP) is 2.43. The van der Waals surface area contributed by atoms with E-state index in [9.17, 15) is 9.18 Å². The molecule has 2 heterocycles. The molecule has 1 fully saturated rings. The standard InChI is InChI=1S/C16H16FN3O/c17-14-7-4-8-15(19-14)18-13-9-16(21)20(11-13)10-12-5-2-1-3-6-12/h1-8,13H,9-11H2,(H,18,19)/t13-/m1/s1. The monoisotopic (exact) mass is 285 g/mol. The van der Waals surface area contributed by atoms with Crippen LogP contribution in [0.3, 0.4) is 0 Å². The Balaban J connectivity index is 1.62. The van der Waals surface area contributed by atoms with Crippen molar-refractivity contribution in [2.24, 2.45) is 0 Å². The summed E-state index contributed by atoms with van der Waals surface area (Å²) >= 11 is 0. The number of nitrogens with zero attached hydrogens (tertiary/aromatic N) is 2. The summed E-state index contributed by atoms with van der Waals surface area (Å²) in [5, 5.41) is 3.11. The van der Waals surface area contributed by atoms with Gasteiger partial charge in [-0.25, -0.2) is 4.98 Å². The zero-order valence-electron chi connectivity index (χ0n) is 11.5. The number of amides is 1. The molecule has 21 heavy (non-hydrogen) atoms. The van der Waals surface area contributed by atoms with Gasteiger partial charge in [-0.15, -0.1) is 0 Å². The number of benzene rings is 1. The van der Waals surface area contributed by atoms with E-state index in [1.807, 2.05) is 35.2 Å². The molecule has 0 spiro atoms. The minimum Gasteiger partial charge on any atom is -0.365 e. The van der Waals surface area contributed by atoms with Crippen LogP contribution in [0.15, 0.2) is 48.5 Å². The van der Waals surface area contributed by atoms with Crippen LogP contribution in [-0.4, -0.2) is 28.4 Å². The lowest BCUT2D eigenvalue weighted by molar-refractivity contribution is -0.128. The molecule has 1 N–H and O–H groups in total. The van der Waals surface area contributed by atoms with Crippen LogP contribution in [-0.2, 0) is 11.3 Å². The molecule has 0 bridgehead atoms. The zero-order chi connectivity index (χ0) is 14.7. The lowest BCUT2D eigenvalue weighted by atomic mass is 10.2. The van der Waals surface area contributed by atoms with E-state index in [4.69, 9.17) is 0 Å². The maximum atomic E-state index is 13.1. The van der Waals surface area contributed by atoms with Gasteiger partial charge in [0.05, 0.1) is 6.04 Å². The maximum Gasteiger partial charge on any atom is 0.225 e. The van der Waals surface area contributed by atoms with Gasteiger partial charge in [0.25, 0.3) is 0 Å². The first-order chi connectivity index (χ1) is 10.2. The summed E-state index contributed by atoms with van der Waals surface area (Å²) in [7, 11) is 0. The van der Waals surface area contributed by atoms with Crippen LogP contribution in [0.5, 0.6) is 0 Å². The number of anilines is 1. The Hall–Kier alpha value is -2.43. The van der Waals surface area contributed by atoms with Crippen molar-refractivity contribution in [2.45, 2.75) is 19.0 Å². The third-order valence-corrected chi connectivity index (χ3v) is 3.50. The van der Waals surface area contributed by atoms with E-state index in [0.29, 0.717) is 25.3 Å². The number of hydrogen-bond donors (Lipinski definition) is 1. The quantitative estimate of drug-likeness (QED) is 0.878. The van der Waals surface area contributed by atoms with Crippen molar-refractivity contribution < 1.29 is 9.18 Å². The molecule has 0 saturated carbocycles. The molecule has 1 aromatic heterocycles. The molecule has 0 unspecified atom stereocenters. The highest BCUT2D eigenvalue weighted by molar-refractivity contribution is 5.80. The molecule has 2 aromatic rings. The summed E-state index contributed by atoms with van der Waals surface area (Å²) in [4.78, 5) is 17.6. The van der Waals surface area contributed by atoms with Crippen LogP contribution >= 0.6 is 0 Å². The second-order valence-electron chi connectivity index (χ2n) is 5.15. The summed E-state index contributed by atoms with van der Waals surface area (Å²) in [6.07, 6.45) is 0.408. The van der Waals surface area contributed by atoms with Gasteiger partial charge in [0.1, 0.15) is 5.82 Å². The Morgan fingerprint density at radius 3 is 2.76 bits per heavy atom. The molecule has 1 atom stereocenters. The van der Waals surface area contributed by atoms with Crippen LogP contribution in [0.25, 0.3) is 0 Å². The number of carbonyl (C=O) groups is 1. The summed E-state index contributed by atoms with van der Waals surface area (Å²) in [5.74, 6) is 0.0487. The Morgan fingerprint density at radius 1 is 1.19 bits per heavy atom. The molecule has 108 valence electrons. The summed E-state index contributed by atoms with van der Waals surface area (Å²) in [5.41, 5.74) is 1.11. The van der Waals surface area contributed by atoms with Crippen molar-refractivity contribution in [2.75, 3.05) is 11.9 Å². The highest BCUT2D eigenvalue weighted by Gasteiger charge is 2.29. The molecule has 1 aliphatic rings. The molecule has 1 amide bonds. The average Bonchev–Trinajstić information content (AvgIpc) is 2.80. The second-order valence-corrected chi connectivity index (χ2v) is 5.15. The van der Waals surface area contributed by atoms with Gasteiger partial charge in [0.2, 0.25) is 11.9 Å². The van der Waals surface area contributed by atoms with E-state index in [1.165, 1.54) is 6.07 Å². The van der Waals surface area contributed by atoms with Crippen molar-refractivity contribution in [1.82, 2.24) is 9.88 Å². The molecule has 4 nitrogen and oxygen atoms in total. The lowest BCUT2D eigenvalue weighted by Crippen LogP contribution is -2.27. The first-order valence-corrected chi connectivity index (χ1v) is 6.91. The van der Waals surface area contributed by atoms with Gasteiger partial charge in [0.15, 0.2) is 0 Å². The number of nitrogens with one attached hydrogen (secondary N) is 1. The molecular weight excluding hydrogens is 269 g/mol. The van der Waals surface area contributed by atoms with Gasteiger partial charge in [-0.05, 0) is 17.7 Å². The molecule has 0 radical (unpaired) electrons. The number of rotatable bonds is 4. The normalized spacial score (nSPS) is 18.0. The third-order valence-electron chi connectivity index (χ3n) is 3.50. The van der Waals surface area contributed by atoms with Crippen LogP contribution in [0.2, 0.25) is 0 Å². The molecule has 5 heteroatoms. The summed E-state index contributed by atoms with van der Waals surface area (Å²) in [6, 6.07) is 14.4. The van der Waals surface area contributed by atoms with Crippen molar-refractivity contribution in [3.05, 3.63) is 60.0 Å². The third kappa shape index (κ3) is 3.37. The zero-order valence-corrected chi connectivity index (χ0v) is 11.5. The van der Waals surface area contributed by atoms with Gasteiger partial charge >= 0.3 is 0 Å². The number of carbonyl (C=O) groups excluding carboxylic acids is 1. The van der Waals surface area contributed by atoms with E-state index in [-0.39, 0.29) is 11.9 Å². The minimum absolute atomic E-state index is 0.0319. The first-order valence-electron chi connectivity index (χ1n) is 6.91. The van der Waals surface area contributed by atoms with E-state index in [0.717, 1.165) is 5.56 Å². The van der Waals surface area contributed by atoms with E-state index >= 15 is 0 Å². The predicted molar refractivity (Wildman–Crippen MR) is 78.1 cm³/mol. The SMILES string of the molecule is O=C1C[C@@H](Nc2cccc(F)n2)CN1Cc1ccccc1. The van der Waals surface area contributed by atoms with Gasteiger partial charge in [0, 0.05) is 19.5 Å². The fourth-order valence-electron chi connectivity index (χ4n) is 2.52. The minimum atomic E-state index is -0.523. The van der Waals surface area contributed by atoms with E-state index in [2.05, 4.69) is 10.3 Å². The molecule has 1 aromatic carbocycles. The van der Waals surface area contributed by atoms with Gasteiger partial charge in [-0.2, -0.15) is 4.39 Å². The largest absolute Gasteiger partial charge is 0.365 e. The maximum absolute atomic E-state index is 13.1. The fraction of sp³-hybridized carbons (Fsp3) is 0.250. The average molecular weight is 285 g/mol. The highest BCUT2D eigenvalue weighted by Crippen LogP contribution is 2.18.